The van der Waals surface area contributed by atoms with E-state index in [1.54, 1.807) is 0 Å². The minimum atomic E-state index is -5.63. The number of aliphatic hydroxyl groups excluding tert-OH is 4. The van der Waals surface area contributed by atoms with Crippen molar-refractivity contribution in [1.29, 1.82) is 0 Å². The number of nitrogen functional groups attached to an aromatic ring is 1. The highest BCUT2D eigenvalue weighted by Crippen LogP contribution is 2.55. The number of ketones is 1. The number of anilines is 1. The lowest BCUT2D eigenvalue weighted by molar-refractivity contribution is -0.246. The number of Topliss-reactive ketones (excluding diaryl/α,β-unsaturated/α-hetero) is 1. The fourth-order valence-electron chi connectivity index (χ4n) is 3.02. The predicted octanol–water partition coefficient (Wildman–Crippen LogP) is -3.67. The summed E-state index contributed by atoms with van der Waals surface area (Å²) in [5.74, 6) is -0.852. The molecule has 3 rings (SSSR count). The highest BCUT2D eigenvalue weighted by molar-refractivity contribution is 7.59. The summed E-state index contributed by atoms with van der Waals surface area (Å²) in [6.45, 7) is -1.25. The molecule has 2 aromatic heterocycles. The number of aliphatic hydroxyl groups is 4. The average Bonchev–Trinajstić information content (AvgIpc) is 3.31. The van der Waals surface area contributed by atoms with Crippen LogP contribution >= 0.6 is 15.6 Å². The quantitative estimate of drug-likeness (QED) is 0.171. The molecule has 0 spiro atoms. The second kappa shape index (κ2) is 10.6. The molecule has 0 radical (unpaired) electrons. The molecule has 196 valence electrons. The lowest BCUT2D eigenvalue weighted by Crippen LogP contribution is -2.36. The lowest BCUT2D eigenvalue weighted by Gasteiger charge is -2.31. The third-order valence-corrected chi connectivity index (χ3v) is 7.31. The summed E-state index contributed by atoms with van der Waals surface area (Å²) in [6, 6.07) is 0. The Morgan fingerprint density at radius 1 is 1.20 bits per heavy atom. The molecular formula is C15H21N5O13P2-2. The maximum atomic E-state index is 11.9. The molecule has 0 bridgehead atoms. The molecule has 1 fully saturated rings. The first-order chi connectivity index (χ1) is 16.2. The van der Waals surface area contributed by atoms with Crippen LogP contribution in [0.2, 0.25) is 0 Å². The number of rotatable bonds is 11. The molecule has 6 N–H and O–H groups in total. The van der Waals surface area contributed by atoms with E-state index in [0.29, 0.717) is 0 Å². The summed E-state index contributed by atoms with van der Waals surface area (Å²) in [7, 11) is -11.3. The van der Waals surface area contributed by atoms with E-state index in [4.69, 9.17) is 10.5 Å². The molecule has 2 unspecified atom stereocenters. The third kappa shape index (κ3) is 6.45. The molecule has 0 amide bonds. The molecular weight excluding hydrogens is 520 g/mol. The highest BCUT2D eigenvalue weighted by atomic mass is 31.3. The number of hydrogen-bond donors (Lipinski definition) is 5. The highest BCUT2D eigenvalue weighted by Gasteiger charge is 2.45. The Balaban J connectivity index is 1.60. The molecule has 3 heterocycles. The van der Waals surface area contributed by atoms with Crippen molar-refractivity contribution >= 4 is 38.4 Å². The molecule has 35 heavy (non-hydrogen) atoms. The van der Waals surface area contributed by atoms with E-state index in [1.807, 2.05) is 0 Å². The maximum Gasteiger partial charge on any atom is 0.274 e. The van der Waals surface area contributed by atoms with Gasteiger partial charge in [-0.3, -0.25) is 18.5 Å². The molecule has 0 saturated carbocycles. The summed E-state index contributed by atoms with van der Waals surface area (Å²) in [4.78, 5) is 46.3. The van der Waals surface area contributed by atoms with Gasteiger partial charge in [-0.25, -0.2) is 19.3 Å². The molecule has 1 aliphatic rings. The van der Waals surface area contributed by atoms with Gasteiger partial charge >= 0.3 is 0 Å². The van der Waals surface area contributed by atoms with Gasteiger partial charge in [0.2, 0.25) is 0 Å². The van der Waals surface area contributed by atoms with Gasteiger partial charge in [0.05, 0.1) is 19.5 Å². The van der Waals surface area contributed by atoms with Crippen molar-refractivity contribution in [3.8, 4) is 0 Å². The van der Waals surface area contributed by atoms with Gasteiger partial charge in [-0.2, -0.15) is 0 Å². The predicted molar refractivity (Wildman–Crippen MR) is 107 cm³/mol. The summed E-state index contributed by atoms with van der Waals surface area (Å²) < 4.78 is 42.7. The number of ether oxygens (including phenoxy) is 1. The topological polar surface area (TPSA) is 285 Å². The number of hydrogen-bond acceptors (Lipinski definition) is 17. The van der Waals surface area contributed by atoms with E-state index in [9.17, 15) is 44.1 Å². The Labute approximate surface area is 196 Å². The molecule has 18 nitrogen and oxygen atoms in total. The van der Waals surface area contributed by atoms with E-state index < -0.39 is 71.4 Å². The fourth-order valence-corrected chi connectivity index (χ4v) is 5.04. The SMILES string of the molecule is CC(=O)[C@H](O)[C@H](O)COP(=O)([O-])OP(=O)([O-])OC[C@H]1O[C@@H](n2cnc3c(N)ncnc32)[C@H](O)[C@@H]1O. The average molecular weight is 541 g/mol. The van der Waals surface area contributed by atoms with Crippen LogP contribution < -0.4 is 15.5 Å². The molecule has 20 heteroatoms. The molecule has 0 aliphatic carbocycles. The zero-order valence-corrected chi connectivity index (χ0v) is 19.5. The summed E-state index contributed by atoms with van der Waals surface area (Å²) in [6.07, 6.45) is -7.69. The molecule has 8 atom stereocenters. The van der Waals surface area contributed by atoms with Crippen LogP contribution in [-0.4, -0.2) is 89.5 Å². The summed E-state index contributed by atoms with van der Waals surface area (Å²) in [5.41, 5.74) is 6.02. The number of aromatic nitrogens is 4. The van der Waals surface area contributed by atoms with Crippen LogP contribution in [0.3, 0.4) is 0 Å². The van der Waals surface area contributed by atoms with Crippen LogP contribution in [0.15, 0.2) is 12.7 Å². The summed E-state index contributed by atoms with van der Waals surface area (Å²) >= 11 is 0. The molecule has 2 aromatic rings. The zero-order chi connectivity index (χ0) is 26.1. The number of carbonyl (C=O) groups is 1. The van der Waals surface area contributed by atoms with Gasteiger partial charge in [0.15, 0.2) is 23.5 Å². The second-order valence-corrected chi connectivity index (χ2v) is 10.3. The van der Waals surface area contributed by atoms with E-state index in [1.165, 1.54) is 10.9 Å². The largest absolute Gasteiger partial charge is 0.756 e. The fraction of sp³-hybridized carbons (Fsp3) is 0.600. The summed E-state index contributed by atoms with van der Waals surface area (Å²) in [5, 5.41) is 39.3. The Morgan fingerprint density at radius 3 is 2.51 bits per heavy atom. The van der Waals surface area contributed by atoms with E-state index >= 15 is 0 Å². The van der Waals surface area contributed by atoms with E-state index in [0.717, 1.165) is 13.3 Å². The normalized spacial score (nSPS) is 27.9. The Bertz CT molecular complexity index is 1160. The van der Waals surface area contributed by atoms with Crippen molar-refractivity contribution in [2.24, 2.45) is 0 Å². The van der Waals surface area contributed by atoms with Crippen molar-refractivity contribution in [1.82, 2.24) is 19.5 Å². The first kappa shape index (κ1) is 27.7. The minimum Gasteiger partial charge on any atom is -0.756 e. The Hall–Kier alpha value is -1.92. The van der Waals surface area contributed by atoms with Crippen LogP contribution in [0.5, 0.6) is 0 Å². The zero-order valence-electron chi connectivity index (χ0n) is 17.8. The minimum absolute atomic E-state index is 0.0405. The van der Waals surface area contributed by atoms with Gasteiger partial charge in [0.25, 0.3) is 15.6 Å². The van der Waals surface area contributed by atoms with Gasteiger partial charge in [0.1, 0.15) is 42.4 Å². The number of fused-ring (bicyclic) bond motifs is 1. The van der Waals surface area contributed by atoms with Crippen LogP contribution in [0.4, 0.5) is 5.82 Å². The first-order valence-corrected chi connectivity index (χ1v) is 12.6. The number of imidazole rings is 1. The van der Waals surface area contributed by atoms with Gasteiger partial charge < -0.3 is 49.7 Å². The molecule has 1 aliphatic heterocycles. The molecule has 0 aromatic carbocycles. The lowest BCUT2D eigenvalue weighted by atomic mass is 10.1. The van der Waals surface area contributed by atoms with Crippen molar-refractivity contribution in [2.45, 2.75) is 43.7 Å². The number of phosphoric acid groups is 2. The third-order valence-electron chi connectivity index (χ3n) is 4.78. The molecule has 1 saturated heterocycles. The van der Waals surface area contributed by atoms with Crippen molar-refractivity contribution < 1.29 is 62.2 Å². The first-order valence-electron chi connectivity index (χ1n) is 9.66. The maximum absolute atomic E-state index is 11.9. The number of phosphoric ester groups is 2. The number of carbonyl (C=O) groups excluding carboxylic acids is 1. The number of nitrogens with two attached hydrogens (primary N) is 1. The Morgan fingerprint density at radius 2 is 1.86 bits per heavy atom. The standard InChI is InChI=1S/C15H23N5O13P2/c1-6(21)10(23)7(22)2-30-34(26,27)33-35(28,29)31-3-8-11(24)12(25)15(32-8)20-5-19-9-13(16)17-4-18-14(9)20/h4-5,7-8,10-12,15,22-25H,2-3H2,1H3,(H,26,27)(H,28,29)(H2,16,17,18)/p-2/t7-,8-,10+,11-,12-,15-/m1/s1. The van der Waals surface area contributed by atoms with Gasteiger partial charge in [-0.1, -0.05) is 0 Å². The van der Waals surface area contributed by atoms with Gasteiger partial charge in [0, 0.05) is 0 Å². The van der Waals surface area contributed by atoms with Crippen LogP contribution in [0.1, 0.15) is 13.2 Å². The van der Waals surface area contributed by atoms with Crippen molar-refractivity contribution in [2.75, 3.05) is 18.9 Å². The van der Waals surface area contributed by atoms with Gasteiger partial charge in [-0.05, 0) is 6.92 Å². The van der Waals surface area contributed by atoms with Crippen LogP contribution in [0, 0.1) is 0 Å². The second-order valence-electron chi connectivity index (χ2n) is 7.32. The Kier molecular flexibility index (Phi) is 8.37. The smallest absolute Gasteiger partial charge is 0.274 e. The van der Waals surface area contributed by atoms with Crippen molar-refractivity contribution in [3.63, 3.8) is 0 Å². The van der Waals surface area contributed by atoms with Crippen LogP contribution in [-0.2, 0) is 32.0 Å². The number of nitrogens with zero attached hydrogens (tertiary/aromatic N) is 4. The van der Waals surface area contributed by atoms with Crippen LogP contribution in [0.25, 0.3) is 11.2 Å². The van der Waals surface area contributed by atoms with Crippen molar-refractivity contribution in [3.05, 3.63) is 12.7 Å². The van der Waals surface area contributed by atoms with E-state index in [-0.39, 0.29) is 17.0 Å². The monoisotopic (exact) mass is 541 g/mol. The van der Waals surface area contributed by atoms with Gasteiger partial charge in [-0.15, -0.1) is 0 Å². The van der Waals surface area contributed by atoms with E-state index in [2.05, 4.69) is 28.3 Å².